The molecule has 0 N–H and O–H groups in total. The maximum Gasteiger partial charge on any atom is 0.0949 e. The number of hydrogen-bond donors (Lipinski definition) is 0. The molecule has 1 aliphatic heterocycles. The monoisotopic (exact) mass is 291 g/mol. The van der Waals surface area contributed by atoms with E-state index in [1.807, 2.05) is 17.7 Å². The Morgan fingerprint density at radius 3 is 3.15 bits per heavy atom. The lowest BCUT2D eigenvalue weighted by Crippen LogP contribution is -2.35. The number of thiophene rings is 1. The molecule has 0 fully saturated rings. The van der Waals surface area contributed by atoms with Gasteiger partial charge in [-0.25, -0.2) is 4.98 Å². The second-order valence-corrected chi connectivity index (χ2v) is 6.33. The first-order chi connectivity index (χ1) is 9.78. The summed E-state index contributed by atoms with van der Waals surface area (Å²) in [5, 5.41) is 2.14. The lowest BCUT2D eigenvalue weighted by Gasteiger charge is -2.32. The highest BCUT2D eigenvalue weighted by molar-refractivity contribution is 7.09. The maximum absolute atomic E-state index is 5.67. The molecular formula is C15H21N3OS. The van der Waals surface area contributed by atoms with E-state index >= 15 is 0 Å². The molecule has 2 aromatic heterocycles. The van der Waals surface area contributed by atoms with Crippen molar-refractivity contribution in [3.05, 3.63) is 40.1 Å². The van der Waals surface area contributed by atoms with E-state index in [4.69, 9.17) is 4.74 Å². The van der Waals surface area contributed by atoms with Gasteiger partial charge in [0, 0.05) is 49.8 Å². The minimum Gasteiger partial charge on any atom is -0.381 e. The van der Waals surface area contributed by atoms with Crippen LogP contribution >= 0.6 is 11.3 Å². The van der Waals surface area contributed by atoms with E-state index in [0.717, 1.165) is 32.8 Å². The highest BCUT2D eigenvalue weighted by atomic mass is 32.1. The smallest absolute Gasteiger partial charge is 0.0949 e. The van der Waals surface area contributed by atoms with Crippen LogP contribution in [0.4, 0.5) is 0 Å². The first kappa shape index (κ1) is 13.8. The maximum atomic E-state index is 5.67. The molecule has 5 heteroatoms. The summed E-state index contributed by atoms with van der Waals surface area (Å²) in [4.78, 5) is 8.46. The van der Waals surface area contributed by atoms with Crippen LogP contribution in [0.5, 0.6) is 0 Å². The summed E-state index contributed by atoms with van der Waals surface area (Å²) in [5.41, 5.74) is 2.56. The second kappa shape index (κ2) is 6.08. The van der Waals surface area contributed by atoms with Crippen LogP contribution < -0.4 is 0 Å². The minimum atomic E-state index is 0.422. The zero-order chi connectivity index (χ0) is 13.9. The largest absolute Gasteiger partial charge is 0.381 e. The van der Waals surface area contributed by atoms with Crippen molar-refractivity contribution in [1.82, 2.24) is 14.5 Å². The predicted molar refractivity (Wildman–Crippen MR) is 80.9 cm³/mol. The van der Waals surface area contributed by atoms with Gasteiger partial charge in [-0.1, -0.05) is 6.07 Å². The van der Waals surface area contributed by atoms with Crippen LogP contribution in [0.15, 0.2) is 23.8 Å². The van der Waals surface area contributed by atoms with Crippen molar-refractivity contribution in [1.29, 1.82) is 0 Å². The van der Waals surface area contributed by atoms with E-state index in [0.29, 0.717) is 5.92 Å². The minimum absolute atomic E-state index is 0.422. The lowest BCUT2D eigenvalue weighted by atomic mass is 9.99. The molecule has 20 heavy (non-hydrogen) atoms. The van der Waals surface area contributed by atoms with Gasteiger partial charge in [-0.2, -0.15) is 0 Å². The molecule has 1 aliphatic rings. The van der Waals surface area contributed by atoms with E-state index < -0.39 is 0 Å². The van der Waals surface area contributed by atoms with Crippen molar-refractivity contribution in [2.45, 2.75) is 25.9 Å². The first-order valence-electron chi connectivity index (χ1n) is 7.10. The van der Waals surface area contributed by atoms with Crippen LogP contribution in [0, 0.1) is 0 Å². The number of rotatable bonds is 5. The Labute approximate surface area is 124 Å². The predicted octanol–water partition coefficient (Wildman–Crippen LogP) is 2.62. The topological polar surface area (TPSA) is 30.3 Å². The van der Waals surface area contributed by atoms with Gasteiger partial charge in [-0.3, -0.25) is 4.90 Å². The summed E-state index contributed by atoms with van der Waals surface area (Å²) in [6.45, 7) is 6.60. The molecule has 3 heterocycles. The number of imidazole rings is 1. The Kier molecular flexibility index (Phi) is 4.19. The Morgan fingerprint density at radius 2 is 2.40 bits per heavy atom. The number of aromatic nitrogens is 2. The van der Waals surface area contributed by atoms with Crippen molar-refractivity contribution in [2.24, 2.45) is 7.05 Å². The van der Waals surface area contributed by atoms with Gasteiger partial charge in [0.05, 0.1) is 18.6 Å². The van der Waals surface area contributed by atoms with Crippen LogP contribution in [-0.4, -0.2) is 34.2 Å². The van der Waals surface area contributed by atoms with Gasteiger partial charge in [-0.05, 0) is 18.4 Å². The summed E-state index contributed by atoms with van der Waals surface area (Å²) in [7, 11) is 2.08. The zero-order valence-electron chi connectivity index (χ0n) is 12.1. The molecule has 0 aromatic carbocycles. The van der Waals surface area contributed by atoms with Crippen molar-refractivity contribution < 1.29 is 4.74 Å². The molecule has 0 saturated heterocycles. The molecule has 3 rings (SSSR count). The molecule has 108 valence electrons. The van der Waals surface area contributed by atoms with E-state index in [-0.39, 0.29) is 0 Å². The number of ether oxygens (including phenoxy) is 1. The Hall–Kier alpha value is -1.17. The SMILES string of the molecule is CCOC[C@@H]1CN(Cc2cccs2)Cc2ncn(C)c21. The number of hydrogen-bond acceptors (Lipinski definition) is 4. The third-order valence-corrected chi connectivity index (χ3v) is 4.64. The highest BCUT2D eigenvalue weighted by Gasteiger charge is 2.29. The molecule has 2 aromatic rings. The molecule has 0 bridgehead atoms. The van der Waals surface area contributed by atoms with Crippen LogP contribution in [0.1, 0.15) is 29.1 Å². The molecule has 0 saturated carbocycles. The van der Waals surface area contributed by atoms with Crippen molar-refractivity contribution in [3.8, 4) is 0 Å². The van der Waals surface area contributed by atoms with Crippen molar-refractivity contribution in [3.63, 3.8) is 0 Å². The molecule has 0 radical (unpaired) electrons. The molecule has 4 nitrogen and oxygen atoms in total. The van der Waals surface area contributed by atoms with Gasteiger partial charge in [0.25, 0.3) is 0 Å². The molecule has 0 amide bonds. The molecule has 1 atom stereocenters. The van der Waals surface area contributed by atoms with E-state index in [1.54, 1.807) is 0 Å². The van der Waals surface area contributed by atoms with Crippen LogP contribution in [0.25, 0.3) is 0 Å². The van der Waals surface area contributed by atoms with Gasteiger partial charge in [0.15, 0.2) is 0 Å². The summed E-state index contributed by atoms with van der Waals surface area (Å²) in [6, 6.07) is 4.32. The molecule has 0 unspecified atom stereocenters. The second-order valence-electron chi connectivity index (χ2n) is 5.29. The first-order valence-corrected chi connectivity index (χ1v) is 7.98. The van der Waals surface area contributed by atoms with Gasteiger partial charge >= 0.3 is 0 Å². The Balaban J connectivity index is 1.77. The van der Waals surface area contributed by atoms with Gasteiger partial charge in [0.2, 0.25) is 0 Å². The van der Waals surface area contributed by atoms with Crippen molar-refractivity contribution in [2.75, 3.05) is 19.8 Å². The Bertz CT molecular complexity index is 549. The molecule has 0 spiro atoms. The standard InChI is InChI=1S/C15H21N3OS/c1-3-19-10-12-7-18(8-13-5-4-6-20-13)9-14-15(12)17(2)11-16-14/h4-6,11-12H,3,7-10H2,1-2H3/t12-/m0/s1. The Morgan fingerprint density at radius 1 is 1.50 bits per heavy atom. The fourth-order valence-corrected chi connectivity index (χ4v) is 3.69. The highest BCUT2D eigenvalue weighted by Crippen LogP contribution is 2.29. The summed E-state index contributed by atoms with van der Waals surface area (Å²) >= 11 is 1.82. The van der Waals surface area contributed by atoms with Crippen LogP contribution in [-0.2, 0) is 24.9 Å². The average molecular weight is 291 g/mol. The lowest BCUT2D eigenvalue weighted by molar-refractivity contribution is 0.102. The summed E-state index contributed by atoms with van der Waals surface area (Å²) < 4.78 is 7.83. The quantitative estimate of drug-likeness (QED) is 0.848. The fraction of sp³-hybridized carbons (Fsp3) is 0.533. The van der Waals surface area contributed by atoms with Crippen LogP contribution in [0.2, 0.25) is 0 Å². The number of aryl methyl sites for hydroxylation is 1. The van der Waals surface area contributed by atoms with Crippen LogP contribution in [0.3, 0.4) is 0 Å². The average Bonchev–Trinajstić information content (AvgIpc) is 3.07. The van der Waals surface area contributed by atoms with E-state index in [1.165, 1.54) is 16.3 Å². The third-order valence-electron chi connectivity index (χ3n) is 3.78. The zero-order valence-corrected chi connectivity index (χ0v) is 12.9. The van der Waals surface area contributed by atoms with Crippen molar-refractivity contribution >= 4 is 11.3 Å². The van der Waals surface area contributed by atoms with E-state index in [9.17, 15) is 0 Å². The van der Waals surface area contributed by atoms with Gasteiger partial charge < -0.3 is 9.30 Å². The number of nitrogens with zero attached hydrogens (tertiary/aromatic N) is 3. The van der Waals surface area contributed by atoms with Gasteiger partial charge in [-0.15, -0.1) is 11.3 Å². The third kappa shape index (κ3) is 2.80. The molecular weight excluding hydrogens is 270 g/mol. The normalized spacial score (nSPS) is 19.2. The molecule has 0 aliphatic carbocycles. The number of fused-ring (bicyclic) bond motifs is 1. The van der Waals surface area contributed by atoms with Gasteiger partial charge in [0.1, 0.15) is 0 Å². The summed E-state index contributed by atoms with van der Waals surface area (Å²) in [6.07, 6.45) is 1.93. The van der Waals surface area contributed by atoms with E-state index in [2.05, 4.69) is 45.9 Å². The summed E-state index contributed by atoms with van der Waals surface area (Å²) in [5.74, 6) is 0.422. The fourth-order valence-electron chi connectivity index (χ4n) is 2.94.